The van der Waals surface area contributed by atoms with Gasteiger partial charge in [0.1, 0.15) is 10.8 Å². The van der Waals surface area contributed by atoms with E-state index in [0.717, 1.165) is 0 Å². The predicted molar refractivity (Wildman–Crippen MR) is 87.1 cm³/mol. The highest BCUT2D eigenvalue weighted by Gasteiger charge is 2.17. The molecule has 1 aromatic carbocycles. The number of alkyl carbamates (subject to hydrolysis) is 1. The van der Waals surface area contributed by atoms with E-state index in [-0.39, 0.29) is 5.82 Å². The zero-order valence-corrected chi connectivity index (χ0v) is 13.4. The van der Waals surface area contributed by atoms with Crippen molar-refractivity contribution in [2.45, 2.75) is 0 Å². The molecule has 0 atom stereocenters. The Labute approximate surface area is 137 Å². The maximum atomic E-state index is 13.2. The maximum Gasteiger partial charge on any atom is 0.413 e. The fraction of sp³-hybridized carbons (Fsp3) is 0.0714. The lowest BCUT2D eigenvalue weighted by atomic mass is 10.3. The molecule has 2 N–H and O–H groups in total. The molecule has 0 aliphatic carbocycles. The molecular formula is C14H10FN3O3S2. The molecule has 23 heavy (non-hydrogen) atoms. The summed E-state index contributed by atoms with van der Waals surface area (Å²) in [6.45, 7) is 0. The van der Waals surface area contributed by atoms with Gasteiger partial charge in [-0.1, -0.05) is 11.3 Å². The highest BCUT2D eigenvalue weighted by atomic mass is 32.1. The number of nitrogens with one attached hydrogen (secondary N) is 2. The van der Waals surface area contributed by atoms with Gasteiger partial charge < -0.3 is 10.1 Å². The smallest absolute Gasteiger partial charge is 0.413 e. The number of fused-ring (bicyclic) bond motifs is 1. The molecule has 0 saturated carbocycles. The lowest BCUT2D eigenvalue weighted by molar-refractivity contribution is 0.0938. The second kappa shape index (κ2) is 6.31. The number of amides is 2. The van der Waals surface area contributed by atoms with E-state index >= 15 is 0 Å². The lowest BCUT2D eigenvalue weighted by Crippen LogP contribution is -2.30. The summed E-state index contributed by atoms with van der Waals surface area (Å²) in [5.41, 5.74) is 0.960. The first-order chi connectivity index (χ1) is 11.1. The molecule has 0 saturated heterocycles. The Morgan fingerprint density at radius 2 is 2.13 bits per heavy atom. The van der Waals surface area contributed by atoms with Crippen LogP contribution < -0.4 is 10.6 Å². The Bertz CT molecular complexity index is 890. The first kappa shape index (κ1) is 15.4. The predicted octanol–water partition coefficient (Wildman–Crippen LogP) is 3.74. The minimum absolute atomic E-state index is 0.297. The van der Waals surface area contributed by atoms with Crippen LogP contribution in [0.4, 0.5) is 19.3 Å². The third kappa shape index (κ3) is 3.30. The van der Waals surface area contributed by atoms with Gasteiger partial charge in [-0.15, -0.1) is 11.3 Å². The van der Waals surface area contributed by atoms with Crippen LogP contribution in [0, 0.1) is 5.82 Å². The number of ether oxygens (including phenoxy) is 1. The highest BCUT2D eigenvalue weighted by molar-refractivity contribution is 7.22. The van der Waals surface area contributed by atoms with Crippen molar-refractivity contribution in [3.8, 4) is 0 Å². The van der Waals surface area contributed by atoms with Gasteiger partial charge >= 0.3 is 6.09 Å². The number of imide groups is 1. The number of anilines is 2. The van der Waals surface area contributed by atoms with E-state index in [1.807, 2.05) is 0 Å². The number of methoxy groups -OCH3 is 1. The van der Waals surface area contributed by atoms with E-state index in [1.54, 1.807) is 17.5 Å². The Morgan fingerprint density at radius 3 is 2.91 bits per heavy atom. The lowest BCUT2D eigenvalue weighted by Gasteiger charge is -2.04. The van der Waals surface area contributed by atoms with E-state index < -0.39 is 12.0 Å². The molecule has 0 spiro atoms. The van der Waals surface area contributed by atoms with Crippen LogP contribution in [0.3, 0.4) is 0 Å². The average molecular weight is 351 g/mol. The van der Waals surface area contributed by atoms with Crippen LogP contribution in [0.2, 0.25) is 0 Å². The number of thiazole rings is 1. The van der Waals surface area contributed by atoms with Crippen LogP contribution in [0.1, 0.15) is 10.4 Å². The van der Waals surface area contributed by atoms with Gasteiger partial charge in [0.25, 0.3) is 5.91 Å². The third-order valence-electron chi connectivity index (χ3n) is 2.88. The van der Waals surface area contributed by atoms with E-state index in [0.29, 0.717) is 25.9 Å². The molecule has 0 aliphatic rings. The molecule has 0 bridgehead atoms. The number of aromatic nitrogens is 1. The fourth-order valence-electron chi connectivity index (χ4n) is 1.84. The number of halogens is 1. The molecule has 0 aliphatic heterocycles. The summed E-state index contributed by atoms with van der Waals surface area (Å²) in [5, 5.41) is 7.89. The zero-order valence-electron chi connectivity index (χ0n) is 11.8. The second-order valence-electron chi connectivity index (χ2n) is 4.37. The van der Waals surface area contributed by atoms with Gasteiger partial charge in [0, 0.05) is 0 Å². The molecule has 2 heterocycles. The molecule has 3 aromatic rings. The first-order valence-electron chi connectivity index (χ1n) is 6.36. The monoisotopic (exact) mass is 351 g/mol. The summed E-state index contributed by atoms with van der Waals surface area (Å²) in [7, 11) is 1.18. The molecule has 0 fully saturated rings. The number of carbonyl (C=O) groups excluding carboxylic acids is 2. The Kier molecular flexibility index (Phi) is 4.22. The molecular weight excluding hydrogens is 341 g/mol. The van der Waals surface area contributed by atoms with Gasteiger partial charge in [-0.25, -0.2) is 14.2 Å². The van der Waals surface area contributed by atoms with Crippen molar-refractivity contribution >= 4 is 55.0 Å². The van der Waals surface area contributed by atoms with Gasteiger partial charge in [0.2, 0.25) is 0 Å². The normalized spacial score (nSPS) is 10.5. The molecule has 9 heteroatoms. The standard InChI is InChI=1S/C14H10FN3O3S2/c1-21-14(20)17-11(19)8-4-5-22-12(8)18-13-16-9-3-2-7(15)6-10(9)23-13/h2-6H,1H3,(H,16,18)(H,17,19,20). The van der Waals surface area contributed by atoms with Crippen molar-refractivity contribution in [2.24, 2.45) is 0 Å². The second-order valence-corrected chi connectivity index (χ2v) is 6.31. The Hall–Kier alpha value is -2.52. The van der Waals surface area contributed by atoms with E-state index in [4.69, 9.17) is 0 Å². The van der Waals surface area contributed by atoms with Crippen LogP contribution in [0.25, 0.3) is 10.2 Å². The van der Waals surface area contributed by atoms with Gasteiger partial charge in [-0.3, -0.25) is 10.1 Å². The minimum Gasteiger partial charge on any atom is -0.453 e. The van der Waals surface area contributed by atoms with Gasteiger partial charge in [-0.2, -0.15) is 0 Å². The quantitative estimate of drug-likeness (QED) is 0.751. The number of carbonyl (C=O) groups is 2. The average Bonchev–Trinajstić information content (AvgIpc) is 3.13. The number of nitrogens with zero attached hydrogens (tertiary/aromatic N) is 1. The summed E-state index contributed by atoms with van der Waals surface area (Å²) in [4.78, 5) is 27.4. The number of hydrogen-bond donors (Lipinski definition) is 2. The summed E-state index contributed by atoms with van der Waals surface area (Å²) in [5.74, 6) is -0.908. The van der Waals surface area contributed by atoms with E-state index in [9.17, 15) is 14.0 Å². The zero-order chi connectivity index (χ0) is 16.4. The molecule has 2 aromatic heterocycles. The van der Waals surface area contributed by atoms with Gasteiger partial charge in [0.15, 0.2) is 5.13 Å². The van der Waals surface area contributed by atoms with E-state index in [1.165, 1.54) is 41.9 Å². The SMILES string of the molecule is COC(=O)NC(=O)c1ccsc1Nc1nc2ccc(F)cc2s1. The van der Waals surface area contributed by atoms with Crippen LogP contribution in [0.5, 0.6) is 0 Å². The first-order valence-corrected chi connectivity index (χ1v) is 8.06. The van der Waals surface area contributed by atoms with Crippen molar-refractivity contribution in [2.75, 3.05) is 12.4 Å². The molecule has 0 unspecified atom stereocenters. The van der Waals surface area contributed by atoms with E-state index in [2.05, 4.69) is 20.4 Å². The highest BCUT2D eigenvalue weighted by Crippen LogP contribution is 2.32. The molecule has 2 amide bonds. The summed E-state index contributed by atoms with van der Waals surface area (Å²) < 4.78 is 18.3. The van der Waals surface area contributed by atoms with Crippen LogP contribution >= 0.6 is 22.7 Å². The minimum atomic E-state index is -0.831. The van der Waals surface area contributed by atoms with Gasteiger partial charge in [-0.05, 0) is 29.6 Å². The molecule has 118 valence electrons. The molecule has 6 nitrogen and oxygen atoms in total. The summed E-state index contributed by atoms with van der Waals surface area (Å²) in [6.07, 6.45) is -0.831. The van der Waals surface area contributed by atoms with Crippen molar-refractivity contribution in [1.29, 1.82) is 0 Å². The van der Waals surface area contributed by atoms with Crippen molar-refractivity contribution < 1.29 is 18.7 Å². The fourth-order valence-corrected chi connectivity index (χ4v) is 3.59. The summed E-state index contributed by atoms with van der Waals surface area (Å²) in [6, 6.07) is 5.91. The van der Waals surface area contributed by atoms with Crippen LogP contribution in [0.15, 0.2) is 29.6 Å². The third-order valence-corrected chi connectivity index (χ3v) is 4.65. The number of hydrogen-bond acceptors (Lipinski definition) is 7. The van der Waals surface area contributed by atoms with Crippen molar-refractivity contribution in [3.05, 3.63) is 41.0 Å². The van der Waals surface area contributed by atoms with Crippen molar-refractivity contribution in [1.82, 2.24) is 10.3 Å². The largest absolute Gasteiger partial charge is 0.453 e. The summed E-state index contributed by atoms with van der Waals surface area (Å²) >= 11 is 2.56. The Balaban J connectivity index is 1.83. The molecule has 3 rings (SSSR count). The van der Waals surface area contributed by atoms with Gasteiger partial charge in [0.05, 0.1) is 22.9 Å². The Morgan fingerprint density at radius 1 is 1.30 bits per heavy atom. The number of rotatable bonds is 3. The topological polar surface area (TPSA) is 80.3 Å². The maximum absolute atomic E-state index is 13.2. The number of thiophene rings is 1. The van der Waals surface area contributed by atoms with Crippen LogP contribution in [-0.4, -0.2) is 24.1 Å². The molecule has 0 radical (unpaired) electrons. The van der Waals surface area contributed by atoms with Crippen LogP contribution in [-0.2, 0) is 4.74 Å². The number of benzene rings is 1. The van der Waals surface area contributed by atoms with Crippen molar-refractivity contribution in [3.63, 3.8) is 0 Å².